The van der Waals surface area contributed by atoms with Crippen LogP contribution < -0.4 is 15.4 Å². The van der Waals surface area contributed by atoms with Gasteiger partial charge in [0, 0.05) is 30.4 Å². The smallest absolute Gasteiger partial charge is 0.408 e. The van der Waals surface area contributed by atoms with Crippen LogP contribution in [0.1, 0.15) is 102 Å². The van der Waals surface area contributed by atoms with Gasteiger partial charge >= 0.3 is 12.2 Å². The average molecular weight is 814 g/mol. The number of rotatable bonds is 14. The summed E-state index contributed by atoms with van der Waals surface area (Å²) in [6.45, 7) is 8.17. The summed E-state index contributed by atoms with van der Waals surface area (Å²) in [5, 5.41) is 14.8. The first-order valence-electron chi connectivity index (χ1n) is 19.6. The molecule has 6 rings (SSSR count). The number of nitrogens with one attached hydrogen (secondary N) is 3. The maximum atomic E-state index is 15.0. The van der Waals surface area contributed by atoms with Gasteiger partial charge in [-0.1, -0.05) is 37.1 Å². The van der Waals surface area contributed by atoms with Crippen LogP contribution >= 0.6 is 0 Å². The Bertz CT molecular complexity index is 1960. The predicted molar refractivity (Wildman–Crippen MR) is 204 cm³/mol. The maximum Gasteiger partial charge on any atom is 0.408 e. The van der Waals surface area contributed by atoms with E-state index in [1.807, 2.05) is 6.08 Å². The van der Waals surface area contributed by atoms with E-state index >= 15 is 4.39 Å². The molecule has 1 aromatic carbocycles. The SMILES string of the molecule is C=C[C@@H]1C[C@]1(NC(=O)[C@@H]1C[C@@H](C2c3cccc(F)c3CN2C(=O)O)CN1C(=O)[C@H](CCC(=O)C=CC1CCCC1)NC(=O)OC(C)(C)C)C(=O)NS(=O)(=O)C1CC1. The summed E-state index contributed by atoms with van der Waals surface area (Å²) in [5.41, 5.74) is -2.08. The van der Waals surface area contributed by atoms with Crippen molar-refractivity contribution in [3.63, 3.8) is 0 Å². The van der Waals surface area contributed by atoms with Gasteiger partial charge in [-0.2, -0.15) is 0 Å². The number of halogens is 1. The molecule has 5 amide bonds. The fourth-order valence-electron chi connectivity index (χ4n) is 8.43. The average Bonchev–Trinajstić information content (AvgIpc) is 3.93. The molecule has 0 radical (unpaired) electrons. The van der Waals surface area contributed by atoms with E-state index in [4.69, 9.17) is 4.74 Å². The summed E-state index contributed by atoms with van der Waals surface area (Å²) in [6, 6.07) is 0.578. The lowest BCUT2D eigenvalue weighted by Gasteiger charge is -2.31. The Labute approximate surface area is 331 Å². The second-order valence-electron chi connectivity index (χ2n) is 17.0. The summed E-state index contributed by atoms with van der Waals surface area (Å²) in [5.74, 6) is -4.50. The fourth-order valence-corrected chi connectivity index (χ4v) is 9.79. The minimum atomic E-state index is -3.99. The van der Waals surface area contributed by atoms with Crippen molar-refractivity contribution in [2.75, 3.05) is 6.54 Å². The highest BCUT2D eigenvalue weighted by Gasteiger charge is 2.62. The quantitative estimate of drug-likeness (QED) is 0.155. The number of ketones is 1. The number of carboxylic acid groups (broad SMARTS) is 1. The molecule has 2 heterocycles. The monoisotopic (exact) mass is 813 g/mol. The number of sulfonamides is 1. The number of allylic oxidation sites excluding steroid dienone is 2. The molecule has 1 saturated heterocycles. The van der Waals surface area contributed by atoms with Crippen molar-refractivity contribution in [3.05, 3.63) is 60.0 Å². The zero-order chi connectivity index (χ0) is 41.4. The number of likely N-dealkylation sites (tertiary alicyclic amines) is 1. The minimum absolute atomic E-state index is 0.0414. The number of amides is 5. The van der Waals surface area contributed by atoms with Gasteiger partial charge in [0.15, 0.2) is 5.78 Å². The normalized spacial score (nSPS) is 26.5. The van der Waals surface area contributed by atoms with Crippen molar-refractivity contribution >= 4 is 45.7 Å². The molecule has 1 unspecified atom stereocenters. The molecule has 3 aliphatic carbocycles. The molecule has 17 heteroatoms. The Morgan fingerprint density at radius 2 is 1.79 bits per heavy atom. The van der Waals surface area contributed by atoms with Gasteiger partial charge in [-0.15, -0.1) is 6.58 Å². The lowest BCUT2D eigenvalue weighted by Crippen LogP contribution is -2.58. The first kappa shape index (κ1) is 41.8. The molecule has 57 heavy (non-hydrogen) atoms. The molecule has 310 valence electrons. The molecule has 5 aliphatic rings. The molecule has 0 bridgehead atoms. The lowest BCUT2D eigenvalue weighted by molar-refractivity contribution is -0.141. The van der Waals surface area contributed by atoms with Crippen molar-refractivity contribution in [1.29, 1.82) is 0 Å². The van der Waals surface area contributed by atoms with E-state index < -0.39 is 92.1 Å². The van der Waals surface area contributed by atoms with Gasteiger partial charge in [0.2, 0.25) is 21.8 Å². The van der Waals surface area contributed by atoms with Gasteiger partial charge in [-0.05, 0) is 89.3 Å². The molecule has 0 aromatic heterocycles. The van der Waals surface area contributed by atoms with Crippen LogP contribution in [0.4, 0.5) is 14.0 Å². The van der Waals surface area contributed by atoms with Crippen LogP contribution in [0.3, 0.4) is 0 Å². The van der Waals surface area contributed by atoms with Crippen LogP contribution in [0.2, 0.25) is 0 Å². The third-order valence-corrected chi connectivity index (χ3v) is 13.4. The third kappa shape index (κ3) is 9.34. The van der Waals surface area contributed by atoms with Crippen LogP contribution in [0.5, 0.6) is 0 Å². The van der Waals surface area contributed by atoms with Crippen LogP contribution in [0, 0.1) is 23.6 Å². The standard InChI is InChI=1S/C40H52FN5O10S/c1-5-25-20-40(25,36(50)44-57(54,55)27-16-17-27)43-34(48)32-19-24(33-28-11-8-12-30(41)29(28)22-46(33)38(52)53)21-45(32)35(49)31(42-37(51)56-39(2,3)4)18-15-26(47)14-13-23-9-6-7-10-23/h5,8,11-14,23-25,27,31-33H,1,6-7,9-10,15-22H2,2-4H3,(H,42,51)(H,43,48)(H,44,50)(H,52,53)/t24-,25-,31+,32+,33?,40-/m1/s1. The van der Waals surface area contributed by atoms with Crippen molar-refractivity contribution in [1.82, 2.24) is 25.2 Å². The molecule has 3 saturated carbocycles. The number of fused-ring (bicyclic) bond motifs is 1. The molecule has 6 atom stereocenters. The molecule has 0 spiro atoms. The van der Waals surface area contributed by atoms with Gasteiger partial charge in [0.05, 0.1) is 17.8 Å². The second-order valence-corrected chi connectivity index (χ2v) is 18.9. The highest BCUT2D eigenvalue weighted by molar-refractivity contribution is 7.91. The second kappa shape index (κ2) is 16.2. The van der Waals surface area contributed by atoms with Crippen LogP contribution in [-0.2, 0) is 40.5 Å². The first-order valence-corrected chi connectivity index (χ1v) is 21.2. The first-order chi connectivity index (χ1) is 26.8. The van der Waals surface area contributed by atoms with Crippen molar-refractivity contribution < 1.29 is 51.4 Å². The van der Waals surface area contributed by atoms with Crippen LogP contribution in [-0.4, -0.2) is 94.0 Å². The lowest BCUT2D eigenvalue weighted by atomic mass is 9.90. The number of carbonyl (C=O) groups excluding carboxylic acids is 5. The third-order valence-electron chi connectivity index (χ3n) is 11.6. The highest BCUT2D eigenvalue weighted by atomic mass is 32.2. The number of nitrogens with zero attached hydrogens (tertiary/aromatic N) is 2. The number of carbonyl (C=O) groups is 6. The Hall–Kier alpha value is -4.80. The molecule has 15 nitrogen and oxygen atoms in total. The minimum Gasteiger partial charge on any atom is -0.465 e. The van der Waals surface area contributed by atoms with E-state index in [1.54, 1.807) is 26.8 Å². The number of alkyl carbamates (subject to hydrolysis) is 1. The Morgan fingerprint density at radius 1 is 1.09 bits per heavy atom. The van der Waals surface area contributed by atoms with Gasteiger partial charge in [-0.25, -0.2) is 22.4 Å². The number of ether oxygens (including phenoxy) is 1. The zero-order valence-corrected chi connectivity index (χ0v) is 33.3. The van der Waals surface area contributed by atoms with Gasteiger partial charge < -0.3 is 25.4 Å². The molecular weight excluding hydrogens is 762 g/mol. The number of hydrogen-bond donors (Lipinski definition) is 4. The summed E-state index contributed by atoms with van der Waals surface area (Å²) in [4.78, 5) is 83.7. The Balaban J connectivity index is 1.31. The predicted octanol–water partition coefficient (Wildman–Crippen LogP) is 4.24. The van der Waals surface area contributed by atoms with E-state index in [9.17, 15) is 42.3 Å². The largest absolute Gasteiger partial charge is 0.465 e. The van der Waals surface area contributed by atoms with E-state index in [2.05, 4.69) is 21.9 Å². The summed E-state index contributed by atoms with van der Waals surface area (Å²) in [7, 11) is -3.99. The molecule has 1 aromatic rings. The van der Waals surface area contributed by atoms with E-state index in [0.717, 1.165) is 30.6 Å². The zero-order valence-electron chi connectivity index (χ0n) is 32.5. The summed E-state index contributed by atoms with van der Waals surface area (Å²) in [6.07, 6.45) is 7.03. The number of hydrogen-bond acceptors (Lipinski definition) is 9. The van der Waals surface area contributed by atoms with Gasteiger partial charge in [0.1, 0.15) is 29.0 Å². The maximum absolute atomic E-state index is 15.0. The van der Waals surface area contributed by atoms with Crippen molar-refractivity contribution in [3.8, 4) is 0 Å². The molecule has 2 aliphatic heterocycles. The number of benzene rings is 1. The molecule has 4 N–H and O–H groups in total. The fraction of sp³-hybridized carbons (Fsp3) is 0.600. The van der Waals surface area contributed by atoms with E-state index in [1.165, 1.54) is 29.2 Å². The van der Waals surface area contributed by atoms with E-state index in [-0.39, 0.29) is 56.0 Å². The Morgan fingerprint density at radius 3 is 2.40 bits per heavy atom. The van der Waals surface area contributed by atoms with Crippen molar-refractivity contribution in [2.45, 2.75) is 126 Å². The molecule has 4 fully saturated rings. The summed E-state index contributed by atoms with van der Waals surface area (Å²) < 4.78 is 48.1. The van der Waals surface area contributed by atoms with Gasteiger partial charge in [0.25, 0.3) is 5.91 Å². The van der Waals surface area contributed by atoms with Crippen LogP contribution in [0.15, 0.2) is 43.0 Å². The summed E-state index contributed by atoms with van der Waals surface area (Å²) >= 11 is 0. The topological polar surface area (TPSA) is 209 Å². The molecular formula is C40H52FN5O10S. The Kier molecular flexibility index (Phi) is 11.9. The highest BCUT2D eigenvalue weighted by Crippen LogP contribution is 2.47. The van der Waals surface area contributed by atoms with Gasteiger partial charge in [-0.3, -0.25) is 28.8 Å². The van der Waals surface area contributed by atoms with Crippen molar-refractivity contribution in [2.24, 2.45) is 17.8 Å². The van der Waals surface area contributed by atoms with Crippen LogP contribution in [0.25, 0.3) is 0 Å². The van der Waals surface area contributed by atoms with E-state index in [0.29, 0.717) is 18.4 Å².